The number of hydrogen-bond acceptors (Lipinski definition) is 5. The predicted molar refractivity (Wildman–Crippen MR) is 110 cm³/mol. The number of amides is 1. The lowest BCUT2D eigenvalue weighted by atomic mass is 10.0. The van der Waals surface area contributed by atoms with E-state index in [4.69, 9.17) is 9.47 Å². The molecule has 0 radical (unpaired) electrons. The van der Waals surface area contributed by atoms with Gasteiger partial charge in [0.2, 0.25) is 5.91 Å². The van der Waals surface area contributed by atoms with Crippen LogP contribution in [0.2, 0.25) is 0 Å². The van der Waals surface area contributed by atoms with Crippen molar-refractivity contribution in [2.45, 2.75) is 11.9 Å². The van der Waals surface area contributed by atoms with Crippen LogP contribution >= 0.6 is 11.8 Å². The number of fused-ring (bicyclic) bond motifs is 1. The number of carbonyl (C=O) groups excluding carboxylic acids is 1. The maximum Gasteiger partial charge on any atom is 0.235 e. The number of aromatic nitrogens is 2. The molecule has 1 aliphatic heterocycles. The molecule has 0 unspecified atom stereocenters. The topological polar surface area (TPSA) is 65.4 Å². The van der Waals surface area contributed by atoms with Gasteiger partial charge in [-0.3, -0.25) is 9.48 Å². The highest BCUT2D eigenvalue weighted by Gasteiger charge is 2.30. The summed E-state index contributed by atoms with van der Waals surface area (Å²) in [4.78, 5) is 12.2. The van der Waals surface area contributed by atoms with E-state index in [1.807, 2.05) is 12.1 Å². The Labute approximate surface area is 172 Å². The van der Waals surface area contributed by atoms with Crippen molar-refractivity contribution in [1.82, 2.24) is 9.78 Å². The zero-order chi connectivity index (χ0) is 20.4. The zero-order valence-electron chi connectivity index (χ0n) is 16.0. The third kappa shape index (κ3) is 3.80. The molecule has 4 rings (SSSR count). The highest BCUT2D eigenvalue weighted by molar-refractivity contribution is 8.00. The summed E-state index contributed by atoms with van der Waals surface area (Å²) in [5.74, 6) is 1.63. The third-order valence-electron chi connectivity index (χ3n) is 4.73. The largest absolute Gasteiger partial charge is 0.493 e. The monoisotopic (exact) mass is 413 g/mol. The summed E-state index contributed by atoms with van der Waals surface area (Å²) < 4.78 is 27.3. The fraction of sp³-hybridized carbons (Fsp3) is 0.238. The van der Waals surface area contributed by atoms with Gasteiger partial charge >= 0.3 is 0 Å². The second kappa shape index (κ2) is 8.16. The van der Waals surface area contributed by atoms with Crippen LogP contribution in [0, 0.1) is 5.82 Å². The number of rotatable bonds is 5. The minimum absolute atomic E-state index is 0.0640. The van der Waals surface area contributed by atoms with Crippen LogP contribution in [0.15, 0.2) is 48.7 Å². The third-order valence-corrected chi connectivity index (χ3v) is 6.00. The molecule has 1 N–H and O–H groups in total. The second-order valence-corrected chi connectivity index (χ2v) is 7.66. The molecule has 2 aromatic carbocycles. The molecule has 1 atom stereocenters. The fourth-order valence-corrected chi connectivity index (χ4v) is 4.40. The lowest BCUT2D eigenvalue weighted by Crippen LogP contribution is -2.15. The summed E-state index contributed by atoms with van der Waals surface area (Å²) in [6.07, 6.45) is 1.75. The summed E-state index contributed by atoms with van der Waals surface area (Å²) in [6, 6.07) is 12.1. The molecule has 1 aliphatic rings. The number of halogens is 1. The molecule has 0 aliphatic carbocycles. The number of nitrogens with zero attached hydrogens (tertiary/aromatic N) is 2. The van der Waals surface area contributed by atoms with Crippen LogP contribution in [0.5, 0.6) is 11.5 Å². The van der Waals surface area contributed by atoms with Crippen LogP contribution in [-0.4, -0.2) is 28.6 Å². The van der Waals surface area contributed by atoms with Crippen molar-refractivity contribution in [3.63, 3.8) is 0 Å². The number of nitrogens with one attached hydrogen (secondary N) is 1. The SMILES string of the molecule is COc1cccc([C@@H]2SCC(=O)Nc3c2cnn3C)c1OCc1ccccc1F. The Morgan fingerprint density at radius 3 is 2.86 bits per heavy atom. The van der Waals surface area contributed by atoms with Gasteiger partial charge in [0.25, 0.3) is 0 Å². The first kappa shape index (κ1) is 19.3. The minimum atomic E-state index is -0.322. The number of methoxy groups -OCH3 is 1. The fourth-order valence-electron chi connectivity index (χ4n) is 3.29. The Morgan fingerprint density at radius 2 is 2.07 bits per heavy atom. The minimum Gasteiger partial charge on any atom is -0.493 e. The van der Waals surface area contributed by atoms with Gasteiger partial charge in [-0.15, -0.1) is 11.8 Å². The molecule has 0 fully saturated rings. The van der Waals surface area contributed by atoms with E-state index in [1.54, 1.807) is 49.3 Å². The van der Waals surface area contributed by atoms with E-state index >= 15 is 0 Å². The second-order valence-electron chi connectivity index (χ2n) is 6.57. The summed E-state index contributed by atoms with van der Waals surface area (Å²) in [5, 5.41) is 7.01. The van der Waals surface area contributed by atoms with Crippen molar-refractivity contribution in [1.29, 1.82) is 0 Å². The molecular formula is C21H20FN3O3S. The van der Waals surface area contributed by atoms with Crippen LogP contribution < -0.4 is 14.8 Å². The van der Waals surface area contributed by atoms with Crippen molar-refractivity contribution in [3.05, 3.63) is 71.2 Å². The number of thioether (sulfide) groups is 1. The first-order chi connectivity index (χ1) is 14.1. The quantitative estimate of drug-likeness (QED) is 0.687. The van der Waals surface area contributed by atoms with Gasteiger partial charge in [-0.2, -0.15) is 5.10 Å². The summed E-state index contributed by atoms with van der Waals surface area (Å²) >= 11 is 1.48. The molecule has 6 nitrogen and oxygen atoms in total. The van der Waals surface area contributed by atoms with Gasteiger partial charge in [0.15, 0.2) is 11.5 Å². The summed E-state index contributed by atoms with van der Waals surface area (Å²) in [7, 11) is 3.35. The molecule has 150 valence electrons. The average molecular weight is 413 g/mol. The molecule has 0 saturated heterocycles. The van der Waals surface area contributed by atoms with Gasteiger partial charge in [0.05, 0.1) is 24.3 Å². The Kier molecular flexibility index (Phi) is 5.44. The van der Waals surface area contributed by atoms with Crippen LogP contribution in [0.3, 0.4) is 0 Å². The molecule has 2 heterocycles. The van der Waals surface area contributed by atoms with E-state index in [1.165, 1.54) is 17.8 Å². The maximum atomic E-state index is 14.1. The standard InChI is InChI=1S/C21H20FN3O3S/c1-25-21-15(10-23-25)20(29-12-18(26)24-21)14-7-5-9-17(27-2)19(14)28-11-13-6-3-4-8-16(13)22/h3-10,20H,11-12H2,1-2H3,(H,24,26)/t20-/m0/s1. The van der Waals surface area contributed by atoms with Gasteiger partial charge in [0, 0.05) is 23.7 Å². The van der Waals surface area contributed by atoms with E-state index in [9.17, 15) is 9.18 Å². The van der Waals surface area contributed by atoms with Crippen LogP contribution in [0.4, 0.5) is 10.2 Å². The van der Waals surface area contributed by atoms with E-state index in [0.29, 0.717) is 28.6 Å². The van der Waals surface area contributed by atoms with Crippen molar-refractivity contribution in [2.75, 3.05) is 18.2 Å². The normalized spacial score (nSPS) is 16.0. The van der Waals surface area contributed by atoms with E-state index in [-0.39, 0.29) is 23.6 Å². The van der Waals surface area contributed by atoms with Gasteiger partial charge in [0.1, 0.15) is 18.2 Å². The molecule has 1 aromatic heterocycles. The molecule has 0 saturated carbocycles. The predicted octanol–water partition coefficient (Wildman–Crippen LogP) is 3.92. The Morgan fingerprint density at radius 1 is 1.24 bits per heavy atom. The first-order valence-electron chi connectivity index (χ1n) is 9.05. The van der Waals surface area contributed by atoms with E-state index in [0.717, 1.165) is 11.1 Å². The Bertz CT molecular complexity index is 1050. The van der Waals surface area contributed by atoms with E-state index in [2.05, 4.69) is 10.4 Å². The van der Waals surface area contributed by atoms with Crippen LogP contribution in [0.25, 0.3) is 0 Å². The molecule has 0 spiro atoms. The van der Waals surface area contributed by atoms with Crippen molar-refractivity contribution >= 4 is 23.5 Å². The lowest BCUT2D eigenvalue weighted by molar-refractivity contribution is -0.113. The number of carbonyl (C=O) groups is 1. The number of benzene rings is 2. The van der Waals surface area contributed by atoms with Crippen molar-refractivity contribution in [2.24, 2.45) is 7.05 Å². The van der Waals surface area contributed by atoms with Crippen molar-refractivity contribution in [3.8, 4) is 11.5 Å². The zero-order valence-corrected chi connectivity index (χ0v) is 16.8. The van der Waals surface area contributed by atoms with Gasteiger partial charge in [-0.05, 0) is 12.1 Å². The highest BCUT2D eigenvalue weighted by atomic mass is 32.2. The number of hydrogen-bond donors (Lipinski definition) is 1. The molecule has 0 bridgehead atoms. The molecule has 1 amide bonds. The van der Waals surface area contributed by atoms with Gasteiger partial charge in [-0.25, -0.2) is 4.39 Å². The van der Waals surface area contributed by atoms with Gasteiger partial charge in [-0.1, -0.05) is 30.3 Å². The number of para-hydroxylation sites is 1. The van der Waals surface area contributed by atoms with Gasteiger partial charge < -0.3 is 14.8 Å². The number of aryl methyl sites for hydroxylation is 1. The number of ether oxygens (including phenoxy) is 2. The highest BCUT2D eigenvalue weighted by Crippen LogP contribution is 2.47. The Balaban J connectivity index is 1.74. The number of anilines is 1. The van der Waals surface area contributed by atoms with Crippen LogP contribution in [0.1, 0.15) is 21.9 Å². The van der Waals surface area contributed by atoms with Crippen LogP contribution in [-0.2, 0) is 18.4 Å². The van der Waals surface area contributed by atoms with E-state index < -0.39 is 0 Å². The Hall–Kier alpha value is -3.00. The van der Waals surface area contributed by atoms with Crippen molar-refractivity contribution < 1.29 is 18.7 Å². The summed E-state index contributed by atoms with van der Waals surface area (Å²) in [6.45, 7) is 0.0640. The molecular weight excluding hydrogens is 393 g/mol. The molecule has 3 aromatic rings. The lowest BCUT2D eigenvalue weighted by Gasteiger charge is -2.20. The maximum absolute atomic E-state index is 14.1. The first-order valence-corrected chi connectivity index (χ1v) is 10.1. The smallest absolute Gasteiger partial charge is 0.235 e. The molecule has 8 heteroatoms. The summed E-state index contributed by atoms with van der Waals surface area (Å²) in [5.41, 5.74) is 2.18. The molecule has 29 heavy (non-hydrogen) atoms. The average Bonchev–Trinajstić information content (AvgIpc) is 2.98.